The van der Waals surface area contributed by atoms with E-state index in [1.807, 2.05) is 30.3 Å². The third kappa shape index (κ3) is 6.18. The van der Waals surface area contributed by atoms with Gasteiger partial charge in [0.15, 0.2) is 11.6 Å². The van der Waals surface area contributed by atoms with E-state index in [1.165, 1.54) is 6.07 Å². The van der Waals surface area contributed by atoms with Crippen LogP contribution in [0.1, 0.15) is 24.9 Å². The van der Waals surface area contributed by atoms with Gasteiger partial charge >= 0.3 is 0 Å². The highest BCUT2D eigenvalue weighted by atomic mass is 35.5. The van der Waals surface area contributed by atoms with E-state index in [9.17, 15) is 9.18 Å². The molecule has 0 spiro atoms. The van der Waals surface area contributed by atoms with Crippen LogP contribution in [0.4, 0.5) is 4.39 Å². The lowest BCUT2D eigenvalue weighted by molar-refractivity contribution is -0.122. The summed E-state index contributed by atoms with van der Waals surface area (Å²) in [5.74, 6) is -0.429. The molecule has 3 N–H and O–H groups in total. The lowest BCUT2D eigenvalue weighted by Gasteiger charge is -2.20. The minimum atomic E-state index is -0.429. The molecule has 130 valence electrons. The van der Waals surface area contributed by atoms with E-state index in [0.29, 0.717) is 0 Å². The van der Waals surface area contributed by atoms with Crippen molar-refractivity contribution in [2.75, 3.05) is 6.61 Å². The second kappa shape index (κ2) is 9.90. The van der Waals surface area contributed by atoms with E-state index in [1.54, 1.807) is 25.1 Å². The fourth-order valence-electron chi connectivity index (χ4n) is 2.19. The summed E-state index contributed by atoms with van der Waals surface area (Å²) in [5.41, 5.74) is 6.54. The van der Waals surface area contributed by atoms with Crippen LogP contribution >= 0.6 is 12.4 Å². The van der Waals surface area contributed by atoms with Crippen molar-refractivity contribution in [1.29, 1.82) is 0 Å². The molecule has 0 aliphatic carbocycles. The van der Waals surface area contributed by atoms with Gasteiger partial charge in [-0.15, -0.1) is 12.4 Å². The van der Waals surface area contributed by atoms with Crippen LogP contribution < -0.4 is 15.8 Å². The minimum Gasteiger partial charge on any atom is -0.488 e. The zero-order chi connectivity index (χ0) is 16.7. The van der Waals surface area contributed by atoms with Crippen molar-refractivity contribution in [1.82, 2.24) is 5.32 Å². The van der Waals surface area contributed by atoms with Gasteiger partial charge in [0.05, 0.1) is 6.04 Å². The molecule has 2 unspecified atom stereocenters. The summed E-state index contributed by atoms with van der Waals surface area (Å²) in [6.07, 6.45) is 0.225. The molecule has 0 bridgehead atoms. The normalized spacial score (nSPS) is 12.6. The molecule has 2 aromatic carbocycles. The first-order valence-corrected chi connectivity index (χ1v) is 7.53. The summed E-state index contributed by atoms with van der Waals surface area (Å²) in [6, 6.07) is 15.0. The molecule has 0 aromatic heterocycles. The zero-order valence-electron chi connectivity index (χ0n) is 13.4. The first-order valence-electron chi connectivity index (χ1n) is 7.53. The Hall–Kier alpha value is -2.11. The van der Waals surface area contributed by atoms with Crippen molar-refractivity contribution in [2.24, 2.45) is 5.73 Å². The van der Waals surface area contributed by atoms with Gasteiger partial charge in [-0.3, -0.25) is 4.79 Å². The molecule has 0 radical (unpaired) electrons. The molecular weight excluding hydrogens is 331 g/mol. The standard InChI is InChI=1S/C18H21FN2O2.ClH/c1-13(20)11-18(22)21-16(14-7-3-2-4-8-14)12-23-17-10-6-5-9-15(17)19;/h2-10,13,16H,11-12,20H2,1H3,(H,21,22);1H. The van der Waals surface area contributed by atoms with Crippen LogP contribution in [0.15, 0.2) is 54.6 Å². The predicted octanol–water partition coefficient (Wildman–Crippen LogP) is 3.22. The van der Waals surface area contributed by atoms with Crippen molar-refractivity contribution in [3.05, 3.63) is 66.0 Å². The number of hydrogen-bond acceptors (Lipinski definition) is 3. The summed E-state index contributed by atoms with van der Waals surface area (Å²) in [7, 11) is 0. The van der Waals surface area contributed by atoms with Crippen LogP contribution in [0.5, 0.6) is 5.75 Å². The summed E-state index contributed by atoms with van der Waals surface area (Å²) in [4.78, 5) is 12.0. The molecule has 1 amide bonds. The van der Waals surface area contributed by atoms with E-state index in [4.69, 9.17) is 10.5 Å². The van der Waals surface area contributed by atoms with Crippen LogP contribution in [0.25, 0.3) is 0 Å². The Morgan fingerprint density at radius 2 is 1.79 bits per heavy atom. The number of nitrogens with one attached hydrogen (secondary N) is 1. The molecule has 2 atom stereocenters. The highest BCUT2D eigenvalue weighted by Gasteiger charge is 2.17. The highest BCUT2D eigenvalue weighted by molar-refractivity contribution is 5.85. The molecule has 0 aliphatic heterocycles. The molecule has 0 saturated heterocycles. The number of carbonyl (C=O) groups is 1. The Bertz CT molecular complexity index is 638. The van der Waals surface area contributed by atoms with Crippen molar-refractivity contribution in [2.45, 2.75) is 25.4 Å². The van der Waals surface area contributed by atoms with Gasteiger partial charge in [-0.1, -0.05) is 42.5 Å². The maximum atomic E-state index is 13.6. The van der Waals surface area contributed by atoms with Crippen LogP contribution in [0, 0.1) is 5.82 Å². The Morgan fingerprint density at radius 3 is 2.42 bits per heavy atom. The molecular formula is C18H22ClFN2O2. The summed E-state index contributed by atoms with van der Waals surface area (Å²) < 4.78 is 19.2. The van der Waals surface area contributed by atoms with Crippen molar-refractivity contribution < 1.29 is 13.9 Å². The number of amides is 1. The molecule has 2 rings (SSSR count). The maximum absolute atomic E-state index is 13.6. The van der Waals surface area contributed by atoms with Gasteiger partial charge in [0.25, 0.3) is 0 Å². The molecule has 0 saturated carbocycles. The average molecular weight is 353 g/mol. The second-order valence-electron chi connectivity index (χ2n) is 5.45. The minimum absolute atomic E-state index is 0. The summed E-state index contributed by atoms with van der Waals surface area (Å²) >= 11 is 0. The number of hydrogen-bond donors (Lipinski definition) is 2. The van der Waals surface area contributed by atoms with Crippen LogP contribution in [0.3, 0.4) is 0 Å². The summed E-state index contributed by atoms with van der Waals surface area (Å²) in [5, 5.41) is 2.89. The molecule has 0 aliphatic rings. The van der Waals surface area contributed by atoms with Gasteiger partial charge in [-0.2, -0.15) is 0 Å². The Balaban J connectivity index is 0.00000288. The number of para-hydroxylation sites is 1. The van der Waals surface area contributed by atoms with Gasteiger partial charge in [0, 0.05) is 12.5 Å². The zero-order valence-corrected chi connectivity index (χ0v) is 14.3. The van der Waals surface area contributed by atoms with Gasteiger partial charge in [-0.25, -0.2) is 4.39 Å². The van der Waals surface area contributed by atoms with Crippen molar-refractivity contribution >= 4 is 18.3 Å². The van der Waals surface area contributed by atoms with Gasteiger partial charge in [0.2, 0.25) is 5.91 Å². The fourth-order valence-corrected chi connectivity index (χ4v) is 2.19. The number of nitrogens with two attached hydrogens (primary N) is 1. The van der Waals surface area contributed by atoms with Crippen LogP contribution in [0.2, 0.25) is 0 Å². The topological polar surface area (TPSA) is 64.4 Å². The monoisotopic (exact) mass is 352 g/mol. The third-order valence-electron chi connectivity index (χ3n) is 3.29. The first-order chi connectivity index (χ1) is 11.1. The smallest absolute Gasteiger partial charge is 0.222 e. The number of carbonyl (C=O) groups excluding carboxylic acids is 1. The molecule has 24 heavy (non-hydrogen) atoms. The highest BCUT2D eigenvalue weighted by Crippen LogP contribution is 2.19. The largest absolute Gasteiger partial charge is 0.488 e. The lowest BCUT2D eigenvalue weighted by Crippen LogP contribution is -2.35. The Labute approximate surface area is 147 Å². The van der Waals surface area contributed by atoms with E-state index >= 15 is 0 Å². The summed E-state index contributed by atoms with van der Waals surface area (Å²) in [6.45, 7) is 1.91. The Morgan fingerprint density at radius 1 is 1.17 bits per heavy atom. The molecule has 2 aromatic rings. The number of benzene rings is 2. The lowest BCUT2D eigenvalue weighted by atomic mass is 10.1. The maximum Gasteiger partial charge on any atom is 0.222 e. The van der Waals surface area contributed by atoms with Gasteiger partial charge < -0.3 is 15.8 Å². The Kier molecular flexibility index (Phi) is 8.22. The van der Waals surface area contributed by atoms with Crippen LogP contribution in [-0.4, -0.2) is 18.6 Å². The SMILES string of the molecule is CC(N)CC(=O)NC(COc1ccccc1F)c1ccccc1.Cl. The molecule has 0 heterocycles. The first kappa shape index (κ1) is 19.9. The van der Waals surface area contributed by atoms with Gasteiger partial charge in [0.1, 0.15) is 6.61 Å². The predicted molar refractivity (Wildman–Crippen MR) is 94.7 cm³/mol. The average Bonchev–Trinajstić information content (AvgIpc) is 2.53. The number of halogens is 2. The quantitative estimate of drug-likeness (QED) is 0.804. The van der Waals surface area contributed by atoms with Crippen LogP contribution in [-0.2, 0) is 4.79 Å². The van der Waals surface area contributed by atoms with Crippen molar-refractivity contribution in [3.8, 4) is 5.75 Å². The number of ether oxygens (including phenoxy) is 1. The second-order valence-corrected chi connectivity index (χ2v) is 5.45. The van der Waals surface area contributed by atoms with E-state index in [0.717, 1.165) is 5.56 Å². The van der Waals surface area contributed by atoms with Crippen molar-refractivity contribution in [3.63, 3.8) is 0 Å². The van der Waals surface area contributed by atoms with E-state index in [2.05, 4.69) is 5.32 Å². The molecule has 4 nitrogen and oxygen atoms in total. The molecule has 0 fully saturated rings. The third-order valence-corrected chi connectivity index (χ3v) is 3.29. The van der Waals surface area contributed by atoms with E-state index in [-0.39, 0.29) is 49.2 Å². The fraction of sp³-hybridized carbons (Fsp3) is 0.278. The van der Waals surface area contributed by atoms with Gasteiger partial charge in [-0.05, 0) is 24.6 Å². The number of rotatable bonds is 7. The molecule has 6 heteroatoms. The van der Waals surface area contributed by atoms with E-state index < -0.39 is 5.82 Å².